The summed E-state index contributed by atoms with van der Waals surface area (Å²) in [5.41, 5.74) is 6.52. The Morgan fingerprint density at radius 1 is 1.30 bits per heavy atom. The molecule has 0 aliphatic heterocycles. The maximum atomic E-state index is 12.1. The number of nitrogens with zero attached hydrogens (tertiary/aromatic N) is 1. The van der Waals surface area contributed by atoms with Gasteiger partial charge in [-0.3, -0.25) is 4.79 Å². The zero-order valence-electron chi connectivity index (χ0n) is 11.4. The van der Waals surface area contributed by atoms with E-state index in [-0.39, 0.29) is 19.0 Å². The number of carbonyl (C=O) groups is 1. The minimum Gasteiger partial charge on any atom is -0.345 e. The van der Waals surface area contributed by atoms with Crippen molar-refractivity contribution in [2.45, 2.75) is 19.0 Å². The Balaban J connectivity index is 2.58. The van der Waals surface area contributed by atoms with Crippen molar-refractivity contribution >= 4 is 5.91 Å². The zero-order valence-corrected chi connectivity index (χ0v) is 11.4. The van der Waals surface area contributed by atoms with Crippen LogP contribution >= 0.6 is 0 Å². The van der Waals surface area contributed by atoms with Crippen LogP contribution in [0.4, 0.5) is 13.2 Å². The number of carbonyl (C=O) groups excluding carboxylic acids is 1. The molecule has 1 aromatic carbocycles. The van der Waals surface area contributed by atoms with Crippen LogP contribution in [0, 0.1) is 5.92 Å². The molecule has 0 spiro atoms. The average molecular weight is 288 g/mol. The predicted molar refractivity (Wildman–Crippen MR) is 71.0 cm³/mol. The van der Waals surface area contributed by atoms with Crippen LogP contribution in [0.2, 0.25) is 0 Å². The number of hydrogen-bond acceptors (Lipinski definition) is 2. The number of halogens is 3. The van der Waals surface area contributed by atoms with Crippen LogP contribution in [-0.4, -0.2) is 37.1 Å². The van der Waals surface area contributed by atoms with Gasteiger partial charge in [-0.25, -0.2) is 0 Å². The molecule has 6 heteroatoms. The van der Waals surface area contributed by atoms with Gasteiger partial charge in [0.1, 0.15) is 0 Å². The van der Waals surface area contributed by atoms with E-state index >= 15 is 0 Å². The summed E-state index contributed by atoms with van der Waals surface area (Å²) in [5.74, 6) is -0.837. The van der Waals surface area contributed by atoms with E-state index in [0.717, 1.165) is 10.5 Å². The van der Waals surface area contributed by atoms with Gasteiger partial charge in [0.05, 0.1) is 12.3 Å². The number of benzene rings is 1. The first-order valence-electron chi connectivity index (χ1n) is 6.39. The predicted octanol–water partition coefficient (Wildman–Crippen LogP) is 2.21. The second-order valence-electron chi connectivity index (χ2n) is 4.75. The molecule has 0 saturated heterocycles. The van der Waals surface area contributed by atoms with Crippen molar-refractivity contribution in [2.75, 3.05) is 20.1 Å². The van der Waals surface area contributed by atoms with E-state index in [1.807, 2.05) is 30.3 Å². The van der Waals surface area contributed by atoms with Crippen molar-refractivity contribution in [1.82, 2.24) is 4.90 Å². The highest BCUT2D eigenvalue weighted by Crippen LogP contribution is 2.20. The highest BCUT2D eigenvalue weighted by atomic mass is 19.4. The van der Waals surface area contributed by atoms with E-state index in [9.17, 15) is 18.0 Å². The summed E-state index contributed by atoms with van der Waals surface area (Å²) < 4.78 is 36.4. The van der Waals surface area contributed by atoms with Crippen molar-refractivity contribution in [3.05, 3.63) is 35.9 Å². The molecular weight excluding hydrogens is 269 g/mol. The van der Waals surface area contributed by atoms with Crippen LogP contribution in [0.3, 0.4) is 0 Å². The second-order valence-corrected chi connectivity index (χ2v) is 4.75. The van der Waals surface area contributed by atoms with Crippen molar-refractivity contribution in [3.63, 3.8) is 0 Å². The highest BCUT2D eigenvalue weighted by Gasteiger charge is 2.29. The third-order valence-electron chi connectivity index (χ3n) is 3.07. The standard InChI is InChI=1S/C14H19F3N2O/c1-19(8-7-14(15,16)17)13(20)12(10-18)9-11-5-3-2-4-6-11/h2-6,12H,7-10,18H2,1H3. The van der Waals surface area contributed by atoms with Gasteiger partial charge in [-0.05, 0) is 12.0 Å². The summed E-state index contributed by atoms with van der Waals surface area (Å²) >= 11 is 0. The van der Waals surface area contributed by atoms with Gasteiger partial charge < -0.3 is 10.6 Å². The zero-order chi connectivity index (χ0) is 15.2. The molecule has 1 atom stereocenters. The van der Waals surface area contributed by atoms with Crippen LogP contribution in [-0.2, 0) is 11.2 Å². The molecule has 0 bridgehead atoms. The Bertz CT molecular complexity index is 420. The molecule has 0 aromatic heterocycles. The summed E-state index contributed by atoms with van der Waals surface area (Å²) in [6.45, 7) is -0.224. The van der Waals surface area contributed by atoms with E-state index in [4.69, 9.17) is 5.73 Å². The first-order chi connectivity index (χ1) is 9.33. The van der Waals surface area contributed by atoms with Crippen LogP contribution < -0.4 is 5.73 Å². The molecule has 1 aromatic rings. The number of rotatable bonds is 6. The lowest BCUT2D eigenvalue weighted by molar-refractivity contribution is -0.145. The van der Waals surface area contributed by atoms with Gasteiger partial charge in [-0.1, -0.05) is 30.3 Å². The largest absolute Gasteiger partial charge is 0.390 e. The molecular formula is C14H19F3N2O. The average Bonchev–Trinajstić information content (AvgIpc) is 2.41. The Hall–Kier alpha value is -1.56. The highest BCUT2D eigenvalue weighted by molar-refractivity contribution is 5.79. The van der Waals surface area contributed by atoms with E-state index < -0.39 is 18.5 Å². The Morgan fingerprint density at radius 3 is 2.40 bits per heavy atom. The summed E-state index contributed by atoms with van der Waals surface area (Å²) in [5, 5.41) is 0. The summed E-state index contributed by atoms with van der Waals surface area (Å²) in [6, 6.07) is 9.29. The van der Waals surface area contributed by atoms with Gasteiger partial charge in [0, 0.05) is 20.1 Å². The van der Waals surface area contributed by atoms with E-state index in [1.165, 1.54) is 7.05 Å². The molecule has 1 rings (SSSR count). The monoisotopic (exact) mass is 288 g/mol. The normalized spacial score (nSPS) is 13.1. The van der Waals surface area contributed by atoms with Gasteiger partial charge in [0.15, 0.2) is 0 Å². The fraction of sp³-hybridized carbons (Fsp3) is 0.500. The molecule has 0 radical (unpaired) electrons. The van der Waals surface area contributed by atoms with Crippen molar-refractivity contribution in [3.8, 4) is 0 Å². The molecule has 2 N–H and O–H groups in total. The molecule has 0 aliphatic rings. The van der Waals surface area contributed by atoms with Crippen LogP contribution in [0.15, 0.2) is 30.3 Å². The Morgan fingerprint density at radius 2 is 1.90 bits per heavy atom. The maximum Gasteiger partial charge on any atom is 0.390 e. The molecule has 1 unspecified atom stereocenters. The molecule has 20 heavy (non-hydrogen) atoms. The molecule has 0 saturated carbocycles. The Kier molecular flexibility index (Phi) is 6.01. The van der Waals surface area contributed by atoms with E-state index in [1.54, 1.807) is 0 Å². The lowest BCUT2D eigenvalue weighted by atomic mass is 9.98. The first-order valence-corrected chi connectivity index (χ1v) is 6.39. The topological polar surface area (TPSA) is 46.3 Å². The third-order valence-corrected chi connectivity index (χ3v) is 3.07. The number of amides is 1. The van der Waals surface area contributed by atoms with Crippen LogP contribution in [0.25, 0.3) is 0 Å². The lowest BCUT2D eigenvalue weighted by Gasteiger charge is -2.23. The molecule has 0 fully saturated rings. The molecule has 112 valence electrons. The summed E-state index contributed by atoms with van der Waals surface area (Å²) in [7, 11) is 1.38. The van der Waals surface area contributed by atoms with Gasteiger partial charge in [-0.15, -0.1) is 0 Å². The smallest absolute Gasteiger partial charge is 0.345 e. The number of alkyl halides is 3. The van der Waals surface area contributed by atoms with Gasteiger partial charge in [-0.2, -0.15) is 13.2 Å². The van der Waals surface area contributed by atoms with Crippen molar-refractivity contribution in [2.24, 2.45) is 11.7 Å². The first kappa shape index (κ1) is 16.5. The number of nitrogens with two attached hydrogens (primary N) is 1. The minimum atomic E-state index is -4.26. The van der Waals surface area contributed by atoms with Crippen LogP contribution in [0.1, 0.15) is 12.0 Å². The van der Waals surface area contributed by atoms with Crippen molar-refractivity contribution in [1.29, 1.82) is 0 Å². The molecule has 3 nitrogen and oxygen atoms in total. The fourth-order valence-electron chi connectivity index (χ4n) is 1.89. The van der Waals surface area contributed by atoms with Crippen LogP contribution in [0.5, 0.6) is 0 Å². The van der Waals surface area contributed by atoms with Gasteiger partial charge in [0.2, 0.25) is 5.91 Å². The Labute approximate surface area is 116 Å². The van der Waals surface area contributed by atoms with Crippen molar-refractivity contribution < 1.29 is 18.0 Å². The fourth-order valence-corrected chi connectivity index (χ4v) is 1.89. The third kappa shape index (κ3) is 5.61. The quantitative estimate of drug-likeness (QED) is 0.872. The van der Waals surface area contributed by atoms with Gasteiger partial charge >= 0.3 is 6.18 Å². The maximum absolute atomic E-state index is 12.1. The summed E-state index contributed by atoms with van der Waals surface area (Å²) in [4.78, 5) is 13.2. The number of hydrogen-bond donors (Lipinski definition) is 1. The van der Waals surface area contributed by atoms with E-state index in [0.29, 0.717) is 6.42 Å². The lowest BCUT2D eigenvalue weighted by Crippen LogP contribution is -2.39. The molecule has 1 amide bonds. The van der Waals surface area contributed by atoms with Gasteiger partial charge in [0.25, 0.3) is 0 Å². The molecule has 0 heterocycles. The van der Waals surface area contributed by atoms with E-state index in [2.05, 4.69) is 0 Å². The minimum absolute atomic E-state index is 0.115. The summed E-state index contributed by atoms with van der Waals surface area (Å²) in [6.07, 6.45) is -4.82. The SMILES string of the molecule is CN(CCC(F)(F)F)C(=O)C(CN)Cc1ccccc1. The second kappa shape index (κ2) is 7.28. The molecule has 0 aliphatic carbocycles.